The minimum Gasteiger partial charge on any atom is -0.393 e. The number of aliphatic hydroxyl groups is 6. The second kappa shape index (κ2) is 12.1. The van der Waals surface area contributed by atoms with E-state index in [9.17, 15) is 44.3 Å². The van der Waals surface area contributed by atoms with Gasteiger partial charge in [0.05, 0.1) is 25.1 Å². The maximum Gasteiger partial charge on any atom is 0.481 e. The Morgan fingerprint density at radius 3 is 2.48 bits per heavy atom. The van der Waals surface area contributed by atoms with E-state index in [4.69, 9.17) is 24.8 Å². The molecule has 0 spiro atoms. The van der Waals surface area contributed by atoms with Crippen LogP contribution in [0.5, 0.6) is 0 Å². The zero-order valence-electron chi connectivity index (χ0n) is 19.9. The Bertz CT molecular complexity index is 1300. The Morgan fingerprint density at radius 2 is 1.80 bits per heavy atom. The van der Waals surface area contributed by atoms with Gasteiger partial charge in [0, 0.05) is 0 Å². The molecule has 0 radical (unpaired) electrons. The lowest BCUT2D eigenvalue weighted by molar-refractivity contribution is -0.287. The van der Waals surface area contributed by atoms with E-state index >= 15 is 0 Å². The van der Waals surface area contributed by atoms with E-state index in [1.165, 1.54) is 10.7 Å². The van der Waals surface area contributed by atoms with Gasteiger partial charge in [-0.3, -0.25) is 4.52 Å². The molecule has 2 aliphatic heterocycles. The SMILES string of the molecule is Nc1ncnn2c([C@@H]3O[C@H](COP(O)(=S)OP(=O)(O)OC4OC([C@@H](F)CO)C(O)C(O)C4O)[C@@H](O)[C@H]3O)cnc12. The molecule has 2 saturated heterocycles. The Kier molecular flexibility index (Phi) is 9.55. The van der Waals surface area contributed by atoms with Crippen LogP contribution in [0.25, 0.3) is 5.65 Å². The highest BCUT2D eigenvalue weighted by molar-refractivity contribution is 8.08. The highest BCUT2D eigenvalue weighted by Gasteiger charge is 2.51. The molecule has 0 aliphatic carbocycles. The van der Waals surface area contributed by atoms with Crippen molar-refractivity contribution in [1.29, 1.82) is 0 Å². The van der Waals surface area contributed by atoms with Gasteiger partial charge in [-0.05, 0) is 11.8 Å². The van der Waals surface area contributed by atoms with E-state index in [-0.39, 0.29) is 17.2 Å². The number of anilines is 1. The molecule has 2 aromatic rings. The molecule has 4 heterocycles. The predicted molar refractivity (Wildman–Crippen MR) is 128 cm³/mol. The number of aliphatic hydroxyl groups excluding tert-OH is 6. The van der Waals surface area contributed by atoms with Gasteiger partial charge in [-0.1, -0.05) is 0 Å². The van der Waals surface area contributed by atoms with Crippen molar-refractivity contribution in [2.75, 3.05) is 18.9 Å². The van der Waals surface area contributed by atoms with Crippen LogP contribution in [0.3, 0.4) is 0 Å². The molecule has 2 fully saturated rings. The molecule has 0 saturated carbocycles. The summed E-state index contributed by atoms with van der Waals surface area (Å²) in [5, 5.41) is 63.5. The van der Waals surface area contributed by atoms with Gasteiger partial charge >= 0.3 is 14.5 Å². The van der Waals surface area contributed by atoms with Crippen LogP contribution in [-0.2, 0) is 39.2 Å². The zero-order chi connectivity index (χ0) is 29.6. The third-order valence-electron chi connectivity index (χ3n) is 5.99. The summed E-state index contributed by atoms with van der Waals surface area (Å²) in [6.45, 7) is -6.63. The van der Waals surface area contributed by atoms with Gasteiger partial charge in [-0.25, -0.2) is 27.7 Å². The fraction of sp³-hybridized carbons (Fsp3) is 0.706. The largest absolute Gasteiger partial charge is 0.481 e. The molecule has 0 aromatic carbocycles. The number of nitrogens with two attached hydrogens (primary N) is 1. The zero-order valence-corrected chi connectivity index (χ0v) is 22.5. The lowest BCUT2D eigenvalue weighted by Crippen LogP contribution is -2.60. The van der Waals surface area contributed by atoms with Crippen molar-refractivity contribution in [2.24, 2.45) is 0 Å². The van der Waals surface area contributed by atoms with Gasteiger partial charge in [0.15, 0.2) is 23.9 Å². The number of nitrogen functional groups attached to an aromatic ring is 1. The Morgan fingerprint density at radius 1 is 1.10 bits per heavy atom. The minimum absolute atomic E-state index is 0.0354. The highest BCUT2D eigenvalue weighted by Crippen LogP contribution is 2.61. The number of nitrogens with zero attached hydrogens (tertiary/aromatic N) is 4. The summed E-state index contributed by atoms with van der Waals surface area (Å²) in [6, 6.07) is 0. The minimum atomic E-state index is -5.49. The van der Waals surface area contributed by atoms with Crippen LogP contribution < -0.4 is 5.73 Å². The average molecular weight is 637 g/mol. The Labute approximate surface area is 228 Å². The molecule has 2 aliphatic rings. The summed E-state index contributed by atoms with van der Waals surface area (Å²) < 4.78 is 52.0. The molecular weight excluding hydrogens is 611 g/mol. The van der Waals surface area contributed by atoms with Crippen LogP contribution >= 0.6 is 14.5 Å². The van der Waals surface area contributed by atoms with Gasteiger partial charge < -0.3 is 60.2 Å². The molecule has 10 N–H and O–H groups in total. The fourth-order valence-corrected chi connectivity index (χ4v) is 7.11. The quantitative estimate of drug-likeness (QED) is 0.114. The Hall–Kier alpha value is -1.36. The predicted octanol–water partition coefficient (Wildman–Crippen LogP) is -3.63. The molecule has 23 heteroatoms. The third kappa shape index (κ3) is 6.50. The van der Waals surface area contributed by atoms with Crippen LogP contribution in [0.2, 0.25) is 0 Å². The van der Waals surface area contributed by atoms with Crippen LogP contribution in [0, 0.1) is 0 Å². The lowest BCUT2D eigenvalue weighted by atomic mass is 9.96. The van der Waals surface area contributed by atoms with E-state index in [0.717, 1.165) is 6.33 Å². The lowest BCUT2D eigenvalue weighted by Gasteiger charge is -2.41. The first-order chi connectivity index (χ1) is 18.7. The maximum atomic E-state index is 13.9. The van der Waals surface area contributed by atoms with Gasteiger partial charge in [0.2, 0.25) is 0 Å². The second-order valence-corrected chi connectivity index (χ2v) is 13.1. The van der Waals surface area contributed by atoms with Crippen LogP contribution in [0.4, 0.5) is 10.2 Å². The van der Waals surface area contributed by atoms with Crippen LogP contribution in [0.1, 0.15) is 11.8 Å². The molecule has 7 unspecified atom stereocenters. The van der Waals surface area contributed by atoms with Gasteiger partial charge in [-0.15, -0.1) is 0 Å². The standard InChI is InChI=1S/C17H26FN5O14P2S/c18-5(2-24)13-11(28)9(26)12(29)17(35-13)36-38(30,31)37-39(32,40)33-3-7-8(25)10(27)14(34-7)6-1-20-16-15(19)21-4-22-23(6)16/h1,4-5,7-14,17,24-29H,2-3H2,(H,30,31)(H,32,40)(H2,19,21,22)/t5-,7+,8+,9?,10+,11?,12?,13?,14-,17?,39?/m0/s1. The van der Waals surface area contributed by atoms with Crippen molar-refractivity contribution in [2.45, 2.75) is 61.3 Å². The molecule has 0 amide bonds. The van der Waals surface area contributed by atoms with Gasteiger partial charge in [0.25, 0.3) is 0 Å². The number of hydrogen-bond acceptors (Lipinski definition) is 17. The highest BCUT2D eigenvalue weighted by atomic mass is 32.5. The number of phosphoric ester groups is 1. The first kappa shape index (κ1) is 31.6. The number of imidazole rings is 1. The van der Waals surface area contributed by atoms with Crippen molar-refractivity contribution >= 4 is 37.8 Å². The van der Waals surface area contributed by atoms with E-state index < -0.39 is 89.0 Å². The smallest absolute Gasteiger partial charge is 0.393 e. The number of ether oxygens (including phenoxy) is 2. The summed E-state index contributed by atoms with van der Waals surface area (Å²) in [7, 11) is -5.49. The first-order valence-corrected chi connectivity index (χ1v) is 15.3. The summed E-state index contributed by atoms with van der Waals surface area (Å²) in [5.74, 6) is 0.0354. The number of hydrogen-bond donors (Lipinski definition) is 9. The van der Waals surface area contributed by atoms with E-state index in [1.807, 2.05) is 0 Å². The summed E-state index contributed by atoms with van der Waals surface area (Å²) >= 11 is 4.68. The van der Waals surface area contributed by atoms with Gasteiger partial charge in [-0.2, -0.15) is 5.10 Å². The number of rotatable bonds is 10. The van der Waals surface area contributed by atoms with Crippen molar-refractivity contribution < 1.29 is 72.2 Å². The van der Waals surface area contributed by atoms with Crippen molar-refractivity contribution in [3.05, 3.63) is 18.2 Å². The molecular formula is C17H26FN5O14P2S. The first-order valence-electron chi connectivity index (χ1n) is 11.3. The average Bonchev–Trinajstić information content (AvgIpc) is 3.43. The summed E-state index contributed by atoms with van der Waals surface area (Å²) in [5.41, 5.74) is 6.06. The van der Waals surface area contributed by atoms with Crippen LogP contribution in [0.15, 0.2) is 12.5 Å². The normalized spacial score (nSPS) is 36.8. The molecule has 0 bridgehead atoms. The van der Waals surface area contributed by atoms with E-state index in [2.05, 4.69) is 35.7 Å². The monoisotopic (exact) mass is 637 g/mol. The number of halogens is 1. The van der Waals surface area contributed by atoms with Crippen LogP contribution in [-0.4, -0.2) is 128 Å². The van der Waals surface area contributed by atoms with Crippen molar-refractivity contribution in [3.63, 3.8) is 0 Å². The number of aromatic nitrogens is 4. The molecule has 40 heavy (non-hydrogen) atoms. The fourth-order valence-electron chi connectivity index (χ4n) is 4.01. The molecule has 12 atom stereocenters. The third-order valence-corrected chi connectivity index (χ3v) is 9.51. The summed E-state index contributed by atoms with van der Waals surface area (Å²) in [6.07, 6.45) is -16.2. The molecule has 4 rings (SSSR count). The molecule has 19 nitrogen and oxygen atoms in total. The van der Waals surface area contributed by atoms with Crippen molar-refractivity contribution in [1.82, 2.24) is 19.6 Å². The number of alkyl halides is 1. The topological polar surface area (TPSA) is 294 Å². The number of phosphoric acid groups is 1. The van der Waals surface area contributed by atoms with E-state index in [1.54, 1.807) is 0 Å². The van der Waals surface area contributed by atoms with Crippen molar-refractivity contribution in [3.8, 4) is 0 Å². The Balaban J connectivity index is 1.38. The summed E-state index contributed by atoms with van der Waals surface area (Å²) in [4.78, 5) is 28.1. The molecule has 2 aromatic heterocycles. The molecule has 226 valence electrons. The van der Waals surface area contributed by atoms with E-state index in [0.29, 0.717) is 0 Å². The number of fused-ring (bicyclic) bond motifs is 1. The maximum absolute atomic E-state index is 13.9. The second-order valence-electron chi connectivity index (χ2n) is 8.70. The van der Waals surface area contributed by atoms with Gasteiger partial charge in [0.1, 0.15) is 55.2 Å².